The zero-order valence-electron chi connectivity index (χ0n) is 15.7. The van der Waals surface area contributed by atoms with Gasteiger partial charge in [-0.05, 0) is 27.2 Å². The summed E-state index contributed by atoms with van der Waals surface area (Å²) >= 11 is 0. The first-order chi connectivity index (χ1) is 12.1. The molecule has 0 unspecified atom stereocenters. The van der Waals surface area contributed by atoms with Crippen LogP contribution < -0.4 is 21.4 Å². The van der Waals surface area contributed by atoms with Gasteiger partial charge in [-0.1, -0.05) is 6.92 Å². The Morgan fingerprint density at radius 3 is 2.56 bits per heavy atom. The van der Waals surface area contributed by atoms with Gasteiger partial charge >= 0.3 is 0 Å². The second-order valence-corrected chi connectivity index (χ2v) is 6.09. The van der Waals surface area contributed by atoms with Crippen molar-refractivity contribution in [2.45, 2.75) is 46.8 Å². The number of aliphatic hydroxyl groups excluding tert-OH is 1. The van der Waals surface area contributed by atoms with Gasteiger partial charge in [0, 0.05) is 37.9 Å². The standard InChI is InChI=1S/C17H31N7O/c1-5-8-21-24-10-13-15(14(11-24)18-6-2)22-17(20-9-12(4)25)23-16(13)19-7-3/h11-12,18,21,25H,5-10H2,1-4H3,(H2,19,20,22,23)/t12-/m1/s1. The summed E-state index contributed by atoms with van der Waals surface area (Å²) in [5.41, 5.74) is 6.34. The van der Waals surface area contributed by atoms with E-state index in [0.717, 1.165) is 48.8 Å². The van der Waals surface area contributed by atoms with Crippen LogP contribution in [0.1, 0.15) is 45.4 Å². The third-order valence-corrected chi connectivity index (χ3v) is 3.71. The molecule has 0 amide bonds. The van der Waals surface area contributed by atoms with Crippen molar-refractivity contribution in [1.82, 2.24) is 25.7 Å². The predicted molar refractivity (Wildman–Crippen MR) is 102 cm³/mol. The molecule has 25 heavy (non-hydrogen) atoms. The number of hydrogen-bond acceptors (Lipinski definition) is 8. The number of nitrogens with zero attached hydrogens (tertiary/aromatic N) is 3. The third kappa shape index (κ3) is 5.20. The Bertz CT molecular complexity index is 589. The maximum Gasteiger partial charge on any atom is 0.225 e. The number of rotatable bonds is 10. The summed E-state index contributed by atoms with van der Waals surface area (Å²) in [5.74, 6) is 1.35. The van der Waals surface area contributed by atoms with Gasteiger partial charge in [0.25, 0.3) is 0 Å². The highest BCUT2D eigenvalue weighted by Crippen LogP contribution is 2.28. The van der Waals surface area contributed by atoms with Crippen LogP contribution in [0.25, 0.3) is 5.70 Å². The molecule has 2 heterocycles. The highest BCUT2D eigenvalue weighted by atomic mass is 16.3. The molecule has 2 rings (SSSR count). The topological polar surface area (TPSA) is 97.4 Å². The molecule has 1 aliphatic rings. The number of hydrogen-bond donors (Lipinski definition) is 5. The van der Waals surface area contributed by atoms with Gasteiger partial charge in [-0.2, -0.15) is 4.98 Å². The number of hydrazine groups is 1. The molecule has 1 aliphatic heterocycles. The normalized spacial score (nSPS) is 14.6. The van der Waals surface area contributed by atoms with Crippen molar-refractivity contribution >= 4 is 17.5 Å². The zero-order chi connectivity index (χ0) is 18.2. The first kappa shape index (κ1) is 19.3. The van der Waals surface area contributed by atoms with E-state index < -0.39 is 6.10 Å². The summed E-state index contributed by atoms with van der Waals surface area (Å²) in [6.07, 6.45) is 2.66. The fourth-order valence-corrected chi connectivity index (χ4v) is 2.60. The highest BCUT2D eigenvalue weighted by molar-refractivity contribution is 5.70. The van der Waals surface area contributed by atoms with Gasteiger partial charge in [0.05, 0.1) is 18.3 Å². The molecule has 0 aromatic carbocycles. The maximum atomic E-state index is 9.51. The summed E-state index contributed by atoms with van der Waals surface area (Å²) in [6.45, 7) is 11.6. The molecule has 0 fully saturated rings. The molecule has 1 aromatic rings. The number of nitrogens with one attached hydrogen (secondary N) is 4. The molecular weight excluding hydrogens is 318 g/mol. The van der Waals surface area contributed by atoms with E-state index in [0.29, 0.717) is 19.0 Å². The van der Waals surface area contributed by atoms with Crippen molar-refractivity contribution in [3.8, 4) is 0 Å². The molecule has 8 heteroatoms. The van der Waals surface area contributed by atoms with Crippen LogP contribution in [-0.4, -0.2) is 52.4 Å². The van der Waals surface area contributed by atoms with Gasteiger partial charge in [-0.3, -0.25) is 0 Å². The number of fused-ring (bicyclic) bond motifs is 1. The molecule has 1 atom stereocenters. The molecule has 140 valence electrons. The Morgan fingerprint density at radius 1 is 1.16 bits per heavy atom. The number of aromatic nitrogens is 2. The second kappa shape index (κ2) is 9.43. The van der Waals surface area contributed by atoms with Gasteiger partial charge in [0.15, 0.2) is 0 Å². The molecule has 0 radical (unpaired) electrons. The quantitative estimate of drug-likeness (QED) is 0.432. The van der Waals surface area contributed by atoms with Gasteiger partial charge < -0.3 is 26.1 Å². The average Bonchev–Trinajstić information content (AvgIpc) is 2.59. The second-order valence-electron chi connectivity index (χ2n) is 6.09. The number of aliphatic hydroxyl groups is 1. The van der Waals surface area contributed by atoms with Crippen LogP contribution in [-0.2, 0) is 6.54 Å². The Kier molecular flexibility index (Phi) is 7.27. The maximum absolute atomic E-state index is 9.51. The van der Waals surface area contributed by atoms with Crippen LogP contribution in [0.5, 0.6) is 0 Å². The molecule has 0 spiro atoms. The molecule has 8 nitrogen and oxygen atoms in total. The van der Waals surface area contributed by atoms with Crippen molar-refractivity contribution in [3.05, 3.63) is 17.5 Å². The lowest BCUT2D eigenvalue weighted by Crippen LogP contribution is -2.38. The van der Waals surface area contributed by atoms with Crippen molar-refractivity contribution in [1.29, 1.82) is 0 Å². The average molecular weight is 349 g/mol. The summed E-state index contributed by atoms with van der Waals surface area (Å²) < 4.78 is 0. The zero-order valence-corrected chi connectivity index (χ0v) is 15.7. The van der Waals surface area contributed by atoms with Crippen LogP contribution in [0.2, 0.25) is 0 Å². The van der Waals surface area contributed by atoms with E-state index in [1.54, 1.807) is 6.92 Å². The van der Waals surface area contributed by atoms with Gasteiger partial charge in [0.2, 0.25) is 5.95 Å². The van der Waals surface area contributed by atoms with Crippen LogP contribution in [0.15, 0.2) is 6.20 Å². The SMILES string of the molecule is CCCNN1C=C(NCC)c2nc(NC[C@@H](C)O)nc(NCC)c2C1. The van der Waals surface area contributed by atoms with E-state index in [1.165, 1.54) is 0 Å². The Labute approximate surface area is 150 Å². The molecule has 0 bridgehead atoms. The molecule has 0 saturated heterocycles. The third-order valence-electron chi connectivity index (χ3n) is 3.71. The molecule has 0 aliphatic carbocycles. The molecule has 1 aromatic heterocycles. The van der Waals surface area contributed by atoms with Crippen molar-refractivity contribution in [3.63, 3.8) is 0 Å². The van der Waals surface area contributed by atoms with Crippen LogP contribution in [0.4, 0.5) is 11.8 Å². The summed E-state index contributed by atoms with van der Waals surface area (Å²) in [4.78, 5) is 9.29. The minimum atomic E-state index is -0.459. The van der Waals surface area contributed by atoms with Crippen LogP contribution in [0.3, 0.4) is 0 Å². The summed E-state index contributed by atoms with van der Waals surface area (Å²) in [6, 6.07) is 0. The van der Waals surface area contributed by atoms with Gasteiger partial charge in [-0.15, -0.1) is 0 Å². The van der Waals surface area contributed by atoms with Crippen molar-refractivity contribution in [2.75, 3.05) is 36.8 Å². The van der Waals surface area contributed by atoms with E-state index in [2.05, 4.69) is 56.4 Å². The minimum Gasteiger partial charge on any atom is -0.392 e. The minimum absolute atomic E-state index is 0.411. The lowest BCUT2D eigenvalue weighted by atomic mass is 10.1. The molecule has 5 N–H and O–H groups in total. The smallest absolute Gasteiger partial charge is 0.225 e. The monoisotopic (exact) mass is 349 g/mol. The first-order valence-electron chi connectivity index (χ1n) is 9.11. The highest BCUT2D eigenvalue weighted by Gasteiger charge is 2.23. The van der Waals surface area contributed by atoms with E-state index in [1.807, 2.05) is 6.92 Å². The Hall–Kier alpha value is -2.06. The molecule has 0 saturated carbocycles. The number of anilines is 2. The Morgan fingerprint density at radius 2 is 1.92 bits per heavy atom. The lowest BCUT2D eigenvalue weighted by molar-refractivity contribution is 0.208. The fraction of sp³-hybridized carbons (Fsp3) is 0.647. The van der Waals surface area contributed by atoms with Crippen molar-refractivity contribution < 1.29 is 5.11 Å². The predicted octanol–water partition coefficient (Wildman–Crippen LogP) is 1.34. The first-order valence-corrected chi connectivity index (χ1v) is 9.11. The fourth-order valence-electron chi connectivity index (χ4n) is 2.60. The van der Waals surface area contributed by atoms with Crippen molar-refractivity contribution in [2.24, 2.45) is 0 Å². The van der Waals surface area contributed by atoms with Gasteiger partial charge in [0.1, 0.15) is 11.5 Å². The van der Waals surface area contributed by atoms with E-state index in [4.69, 9.17) is 0 Å². The largest absolute Gasteiger partial charge is 0.392 e. The summed E-state index contributed by atoms with van der Waals surface area (Å²) in [5, 5.41) is 21.4. The molecular formula is C17H31N7O. The van der Waals surface area contributed by atoms with Crippen LogP contribution >= 0.6 is 0 Å². The van der Waals surface area contributed by atoms with E-state index in [-0.39, 0.29) is 0 Å². The summed E-state index contributed by atoms with van der Waals surface area (Å²) in [7, 11) is 0. The Balaban J connectivity index is 2.37. The van der Waals surface area contributed by atoms with E-state index in [9.17, 15) is 5.11 Å². The van der Waals surface area contributed by atoms with Gasteiger partial charge in [-0.25, -0.2) is 10.4 Å². The van der Waals surface area contributed by atoms with Crippen LogP contribution in [0, 0.1) is 0 Å². The van der Waals surface area contributed by atoms with E-state index >= 15 is 0 Å². The lowest BCUT2D eigenvalue weighted by Gasteiger charge is -2.30.